The topological polar surface area (TPSA) is 31.4 Å². The summed E-state index contributed by atoms with van der Waals surface area (Å²) in [5.74, 6) is 0.666. The third-order valence-corrected chi connectivity index (χ3v) is 2.03. The number of hydrogen-bond acceptors (Lipinski definition) is 3. The van der Waals surface area contributed by atoms with Crippen LogP contribution < -0.4 is 4.74 Å². The van der Waals surface area contributed by atoms with Crippen molar-refractivity contribution in [2.45, 2.75) is 26.2 Å². The van der Waals surface area contributed by atoms with Crippen molar-refractivity contribution in [1.82, 2.24) is 4.98 Å². The van der Waals surface area contributed by atoms with Gasteiger partial charge in [0, 0.05) is 24.3 Å². The predicted octanol–water partition coefficient (Wildman–Crippen LogP) is 2.40. The largest absolute Gasteiger partial charge is 0.475 e. The molecule has 0 aliphatic heterocycles. The second-order valence-corrected chi connectivity index (χ2v) is 4.45. The highest BCUT2D eigenvalue weighted by Crippen LogP contribution is 2.21. The van der Waals surface area contributed by atoms with Crippen LogP contribution in [0.15, 0.2) is 18.2 Å². The lowest BCUT2D eigenvalue weighted by molar-refractivity contribution is 0.143. The van der Waals surface area contributed by atoms with E-state index in [1.54, 1.807) is 7.11 Å². The zero-order chi connectivity index (χ0) is 11.3. The third-order valence-electron chi connectivity index (χ3n) is 2.03. The van der Waals surface area contributed by atoms with Gasteiger partial charge in [-0.1, -0.05) is 26.8 Å². The summed E-state index contributed by atoms with van der Waals surface area (Å²) < 4.78 is 10.4. The highest BCUT2D eigenvalue weighted by atomic mass is 16.5. The average molecular weight is 209 g/mol. The number of aromatic nitrogens is 1. The fraction of sp³-hybridized carbons (Fsp3) is 0.583. The number of rotatable bonds is 4. The molecule has 1 heterocycles. The van der Waals surface area contributed by atoms with Crippen molar-refractivity contribution in [2.24, 2.45) is 0 Å². The number of pyridine rings is 1. The molecule has 0 saturated heterocycles. The Morgan fingerprint density at radius 1 is 1.20 bits per heavy atom. The standard InChI is InChI=1S/C12H19NO2/c1-12(2,3)10-6-5-7-11(13-10)15-9-8-14-4/h5-7H,8-9H2,1-4H3. The number of methoxy groups -OCH3 is 1. The molecule has 3 heteroatoms. The fourth-order valence-electron chi connectivity index (χ4n) is 1.14. The Bertz CT molecular complexity index is 305. The molecule has 0 aliphatic rings. The summed E-state index contributed by atoms with van der Waals surface area (Å²) in [6, 6.07) is 5.85. The Hall–Kier alpha value is -1.09. The lowest BCUT2D eigenvalue weighted by Crippen LogP contribution is -2.14. The smallest absolute Gasteiger partial charge is 0.213 e. The van der Waals surface area contributed by atoms with Gasteiger partial charge < -0.3 is 9.47 Å². The summed E-state index contributed by atoms with van der Waals surface area (Å²) >= 11 is 0. The Labute approximate surface area is 91.4 Å². The van der Waals surface area contributed by atoms with Gasteiger partial charge in [0.25, 0.3) is 0 Å². The lowest BCUT2D eigenvalue weighted by atomic mass is 9.92. The van der Waals surface area contributed by atoms with E-state index in [-0.39, 0.29) is 5.41 Å². The molecule has 1 aromatic heterocycles. The van der Waals surface area contributed by atoms with Crippen LogP contribution in [0.5, 0.6) is 5.88 Å². The molecule has 0 atom stereocenters. The maximum Gasteiger partial charge on any atom is 0.213 e. The highest BCUT2D eigenvalue weighted by molar-refractivity contribution is 5.20. The quantitative estimate of drug-likeness (QED) is 0.713. The van der Waals surface area contributed by atoms with Gasteiger partial charge in [-0.3, -0.25) is 0 Å². The van der Waals surface area contributed by atoms with Crippen LogP contribution in [-0.4, -0.2) is 25.3 Å². The minimum atomic E-state index is 0.0562. The minimum Gasteiger partial charge on any atom is -0.475 e. The normalized spacial score (nSPS) is 11.5. The zero-order valence-corrected chi connectivity index (χ0v) is 9.91. The van der Waals surface area contributed by atoms with Crippen molar-refractivity contribution in [1.29, 1.82) is 0 Å². The average Bonchev–Trinajstić information content (AvgIpc) is 2.17. The van der Waals surface area contributed by atoms with E-state index in [0.717, 1.165) is 5.69 Å². The molecule has 0 N–H and O–H groups in total. The molecule has 0 aromatic carbocycles. The molecule has 0 aliphatic carbocycles. The number of ether oxygens (including phenoxy) is 2. The van der Waals surface area contributed by atoms with E-state index in [9.17, 15) is 0 Å². The summed E-state index contributed by atoms with van der Waals surface area (Å²) in [5.41, 5.74) is 1.10. The van der Waals surface area contributed by atoms with Gasteiger partial charge in [-0.2, -0.15) is 0 Å². The summed E-state index contributed by atoms with van der Waals surface area (Å²) in [6.45, 7) is 7.52. The molecule has 0 radical (unpaired) electrons. The zero-order valence-electron chi connectivity index (χ0n) is 9.91. The highest BCUT2D eigenvalue weighted by Gasteiger charge is 2.15. The molecule has 15 heavy (non-hydrogen) atoms. The van der Waals surface area contributed by atoms with Gasteiger partial charge in [0.2, 0.25) is 5.88 Å². The lowest BCUT2D eigenvalue weighted by Gasteiger charge is -2.18. The van der Waals surface area contributed by atoms with E-state index >= 15 is 0 Å². The Balaban J connectivity index is 2.66. The molecule has 0 bridgehead atoms. The van der Waals surface area contributed by atoms with Crippen LogP contribution in [-0.2, 0) is 10.2 Å². The maximum atomic E-state index is 5.45. The molecule has 1 rings (SSSR count). The van der Waals surface area contributed by atoms with Crippen molar-refractivity contribution >= 4 is 0 Å². The molecule has 0 unspecified atom stereocenters. The molecule has 1 aromatic rings. The van der Waals surface area contributed by atoms with Crippen LogP contribution in [0.25, 0.3) is 0 Å². The second-order valence-electron chi connectivity index (χ2n) is 4.45. The first-order chi connectivity index (χ1) is 7.04. The summed E-state index contributed by atoms with van der Waals surface area (Å²) in [4.78, 5) is 4.44. The fourth-order valence-corrected chi connectivity index (χ4v) is 1.14. The molecular weight excluding hydrogens is 190 g/mol. The van der Waals surface area contributed by atoms with E-state index in [4.69, 9.17) is 9.47 Å². The van der Waals surface area contributed by atoms with Gasteiger partial charge in [0.1, 0.15) is 6.61 Å². The SMILES string of the molecule is COCCOc1cccc(C(C)(C)C)n1. The van der Waals surface area contributed by atoms with Gasteiger partial charge in [-0.25, -0.2) is 4.98 Å². The molecule has 0 fully saturated rings. The van der Waals surface area contributed by atoms with Crippen molar-refractivity contribution in [3.63, 3.8) is 0 Å². The summed E-state index contributed by atoms with van der Waals surface area (Å²) in [5, 5.41) is 0. The molecule has 0 spiro atoms. The molecule has 0 saturated carbocycles. The third kappa shape index (κ3) is 3.88. The molecule has 84 valence electrons. The monoisotopic (exact) mass is 209 g/mol. The molecule has 0 amide bonds. The van der Waals surface area contributed by atoms with E-state index in [1.807, 2.05) is 18.2 Å². The van der Waals surface area contributed by atoms with Crippen LogP contribution >= 0.6 is 0 Å². The summed E-state index contributed by atoms with van der Waals surface area (Å²) in [6.07, 6.45) is 0. The molecular formula is C12H19NO2. The van der Waals surface area contributed by atoms with Crippen LogP contribution in [0.2, 0.25) is 0 Å². The van der Waals surface area contributed by atoms with Crippen molar-refractivity contribution in [2.75, 3.05) is 20.3 Å². The van der Waals surface area contributed by atoms with Crippen LogP contribution in [0, 0.1) is 0 Å². The maximum absolute atomic E-state index is 5.45. The Kier molecular flexibility index (Phi) is 4.09. The van der Waals surface area contributed by atoms with E-state index < -0.39 is 0 Å². The van der Waals surface area contributed by atoms with E-state index in [2.05, 4.69) is 25.8 Å². The molecule has 3 nitrogen and oxygen atoms in total. The first-order valence-electron chi connectivity index (χ1n) is 5.13. The number of hydrogen-bond donors (Lipinski definition) is 0. The van der Waals surface area contributed by atoms with E-state index in [1.165, 1.54) is 0 Å². The van der Waals surface area contributed by atoms with Gasteiger partial charge in [0.15, 0.2) is 0 Å². The van der Waals surface area contributed by atoms with Gasteiger partial charge in [-0.05, 0) is 6.07 Å². The first kappa shape index (κ1) is 12.0. The van der Waals surface area contributed by atoms with Crippen LogP contribution in [0.4, 0.5) is 0 Å². The first-order valence-corrected chi connectivity index (χ1v) is 5.13. The summed E-state index contributed by atoms with van der Waals surface area (Å²) in [7, 11) is 1.66. The van der Waals surface area contributed by atoms with E-state index in [0.29, 0.717) is 19.1 Å². The van der Waals surface area contributed by atoms with Crippen molar-refractivity contribution < 1.29 is 9.47 Å². The van der Waals surface area contributed by atoms with Gasteiger partial charge in [-0.15, -0.1) is 0 Å². The number of nitrogens with zero attached hydrogens (tertiary/aromatic N) is 1. The minimum absolute atomic E-state index is 0.0562. The van der Waals surface area contributed by atoms with Gasteiger partial charge >= 0.3 is 0 Å². The van der Waals surface area contributed by atoms with Crippen molar-refractivity contribution in [3.8, 4) is 5.88 Å². The predicted molar refractivity (Wildman–Crippen MR) is 60.3 cm³/mol. The van der Waals surface area contributed by atoms with Crippen LogP contribution in [0.3, 0.4) is 0 Å². The Morgan fingerprint density at radius 2 is 1.93 bits per heavy atom. The van der Waals surface area contributed by atoms with Crippen molar-refractivity contribution in [3.05, 3.63) is 23.9 Å². The second kappa shape index (κ2) is 5.12. The van der Waals surface area contributed by atoms with Crippen LogP contribution in [0.1, 0.15) is 26.5 Å². The van der Waals surface area contributed by atoms with Gasteiger partial charge in [0.05, 0.1) is 6.61 Å². The Morgan fingerprint density at radius 3 is 2.53 bits per heavy atom.